The van der Waals surface area contributed by atoms with Gasteiger partial charge in [0.25, 0.3) is 0 Å². The third-order valence-corrected chi connectivity index (χ3v) is 9.52. The molecule has 5 heterocycles. The summed E-state index contributed by atoms with van der Waals surface area (Å²) in [5, 5.41) is 0. The van der Waals surface area contributed by atoms with Crippen molar-refractivity contribution in [2.75, 3.05) is 5.43 Å². The molecule has 0 saturated carbocycles. The fourth-order valence-electron chi connectivity index (χ4n) is 7.17. The van der Waals surface area contributed by atoms with E-state index in [-0.39, 0.29) is 0 Å². The first kappa shape index (κ1) is 33.6. The second kappa shape index (κ2) is 13.6. The van der Waals surface area contributed by atoms with Crippen LogP contribution in [-0.4, -0.2) is 31.7 Å². The van der Waals surface area contributed by atoms with E-state index in [1.807, 2.05) is 158 Å². The van der Waals surface area contributed by atoms with Crippen molar-refractivity contribution in [2.24, 2.45) is 0 Å². The number of hydrogen-bond acceptors (Lipinski definition) is 3. The first-order valence-corrected chi connectivity index (χ1v) is 17.6. The van der Waals surface area contributed by atoms with E-state index in [0.29, 0.717) is 56.1 Å². The number of carbonyl (C=O) groups excluding carboxylic acids is 1. The third-order valence-electron chi connectivity index (χ3n) is 9.52. The predicted octanol–water partition coefficient (Wildman–Crippen LogP) is 11.2. The van der Waals surface area contributed by atoms with E-state index in [2.05, 4.69) is 10.4 Å². The number of halogens is 3. The monoisotopic (exact) mass is 725 g/mol. The Kier molecular flexibility index (Phi) is 8.31. The SMILES string of the molecule is O=C(Nn1c2cc3nc(cc4ccc(cc5nc(c(-c6ccccc6)c1c(-c1ccccc1)c2-c1ccccc1)C(c1ccccc1)=C5)[nH]4)C=C3)C(F)(F)F. The highest BCUT2D eigenvalue weighted by Gasteiger charge is 2.40. The van der Waals surface area contributed by atoms with Crippen molar-refractivity contribution in [3.8, 4) is 33.4 Å². The Morgan fingerprint density at radius 3 is 1.62 bits per heavy atom. The summed E-state index contributed by atoms with van der Waals surface area (Å²) in [6.07, 6.45) is 0.428. The van der Waals surface area contributed by atoms with Gasteiger partial charge in [-0.1, -0.05) is 121 Å². The van der Waals surface area contributed by atoms with E-state index >= 15 is 0 Å². The van der Waals surface area contributed by atoms with E-state index in [9.17, 15) is 18.0 Å². The smallest absolute Gasteiger partial charge is 0.355 e. The van der Waals surface area contributed by atoms with E-state index in [1.165, 1.54) is 4.68 Å². The number of aromatic nitrogens is 4. The molecule has 2 aliphatic rings. The molecule has 9 rings (SSSR count). The maximum Gasteiger partial charge on any atom is 0.472 e. The molecule has 0 radical (unpaired) electrons. The van der Waals surface area contributed by atoms with Crippen LogP contribution in [0.4, 0.5) is 13.2 Å². The van der Waals surface area contributed by atoms with Crippen molar-refractivity contribution in [1.82, 2.24) is 19.6 Å². The van der Waals surface area contributed by atoms with Crippen LogP contribution in [-0.2, 0) is 4.79 Å². The maximum atomic E-state index is 14.4. The third kappa shape index (κ3) is 6.42. The van der Waals surface area contributed by atoms with E-state index in [4.69, 9.17) is 9.97 Å². The Labute approximate surface area is 313 Å². The van der Waals surface area contributed by atoms with E-state index in [1.54, 1.807) is 12.1 Å². The van der Waals surface area contributed by atoms with Crippen LogP contribution in [0.1, 0.15) is 28.3 Å². The summed E-state index contributed by atoms with van der Waals surface area (Å²) in [6, 6.07) is 47.6. The molecule has 2 N–H and O–H groups in total. The molecule has 4 aromatic carbocycles. The van der Waals surface area contributed by atoms with Gasteiger partial charge in [0, 0.05) is 33.3 Å². The van der Waals surface area contributed by atoms with Crippen LogP contribution in [0, 0.1) is 0 Å². The molecule has 2 aliphatic heterocycles. The van der Waals surface area contributed by atoms with Crippen LogP contribution in [0.5, 0.6) is 0 Å². The number of benzene rings is 4. The summed E-state index contributed by atoms with van der Waals surface area (Å²) in [4.78, 5) is 26.8. The molecule has 6 nitrogen and oxygen atoms in total. The van der Waals surface area contributed by atoms with Gasteiger partial charge in [-0.3, -0.25) is 14.9 Å². The number of hydrogen-bond donors (Lipinski definition) is 2. The van der Waals surface area contributed by atoms with Crippen molar-refractivity contribution in [3.05, 3.63) is 180 Å². The second-order valence-electron chi connectivity index (χ2n) is 13.1. The van der Waals surface area contributed by atoms with Crippen LogP contribution >= 0.6 is 0 Å². The first-order valence-electron chi connectivity index (χ1n) is 17.6. The normalized spacial score (nSPS) is 12.4. The molecule has 3 aromatic heterocycles. The lowest BCUT2D eigenvalue weighted by Gasteiger charge is -2.16. The molecule has 7 aromatic rings. The standard InChI is InChI=1S/C46H30F3N5O/c47-46(48,49)45(55)53-54-39-28-36-24-23-34(51-36)25-33-21-22-35(50-33)26-37-27-38(29-13-5-1-6-14-29)43(52-37)42(32-19-11-4-12-20-32)44(54)41(31-17-9-3-10-18-31)40(39)30-15-7-2-8-16-30/h1-28,50H,(H,53,55). The minimum Gasteiger partial charge on any atom is -0.355 e. The largest absolute Gasteiger partial charge is 0.472 e. The number of fused-ring (bicyclic) bond motifs is 8. The number of alkyl halides is 3. The summed E-state index contributed by atoms with van der Waals surface area (Å²) < 4.78 is 44.6. The Morgan fingerprint density at radius 2 is 1.05 bits per heavy atom. The molecule has 0 spiro atoms. The van der Waals surface area contributed by atoms with Crippen molar-refractivity contribution >= 4 is 51.8 Å². The number of H-pyrrole nitrogens is 1. The van der Waals surface area contributed by atoms with Gasteiger partial charge in [0.2, 0.25) is 0 Å². The van der Waals surface area contributed by atoms with Gasteiger partial charge in [-0.25, -0.2) is 9.97 Å². The zero-order chi connectivity index (χ0) is 37.5. The van der Waals surface area contributed by atoms with Gasteiger partial charge in [0.15, 0.2) is 0 Å². The van der Waals surface area contributed by atoms with Gasteiger partial charge >= 0.3 is 12.1 Å². The Balaban J connectivity index is 1.60. The van der Waals surface area contributed by atoms with Gasteiger partial charge in [0.05, 0.1) is 33.8 Å². The fourth-order valence-corrected chi connectivity index (χ4v) is 7.17. The van der Waals surface area contributed by atoms with Crippen molar-refractivity contribution in [3.63, 3.8) is 0 Å². The number of nitrogens with zero attached hydrogens (tertiary/aromatic N) is 3. The van der Waals surface area contributed by atoms with Crippen LogP contribution in [0.25, 0.3) is 79.2 Å². The predicted molar refractivity (Wildman–Crippen MR) is 214 cm³/mol. The Bertz CT molecular complexity index is 2820. The number of carbonyl (C=O) groups is 1. The summed E-state index contributed by atoms with van der Waals surface area (Å²) in [7, 11) is 0. The molecule has 1 amide bonds. The van der Waals surface area contributed by atoms with Crippen molar-refractivity contribution in [1.29, 1.82) is 0 Å². The average molecular weight is 726 g/mol. The topological polar surface area (TPSA) is 75.6 Å². The van der Waals surface area contributed by atoms with E-state index in [0.717, 1.165) is 33.3 Å². The van der Waals surface area contributed by atoms with Gasteiger partial charge in [-0.05, 0) is 70.8 Å². The molecule has 0 fully saturated rings. The second-order valence-corrected chi connectivity index (χ2v) is 13.1. The lowest BCUT2D eigenvalue weighted by atomic mass is 9.91. The molecule has 9 heteroatoms. The summed E-state index contributed by atoms with van der Waals surface area (Å²) in [6.45, 7) is 0. The molecule has 0 unspecified atom stereocenters. The Hall–Kier alpha value is -7.26. The highest BCUT2D eigenvalue weighted by Crippen LogP contribution is 2.47. The van der Waals surface area contributed by atoms with Crippen LogP contribution in [0.15, 0.2) is 152 Å². The van der Waals surface area contributed by atoms with Crippen LogP contribution < -0.4 is 5.43 Å². The highest BCUT2D eigenvalue weighted by molar-refractivity contribution is 6.12. The minimum absolute atomic E-state index is 0.296. The van der Waals surface area contributed by atoms with E-state index < -0.39 is 12.1 Å². The first-order chi connectivity index (χ1) is 26.8. The molecule has 55 heavy (non-hydrogen) atoms. The van der Waals surface area contributed by atoms with Gasteiger partial charge in [-0.15, -0.1) is 0 Å². The van der Waals surface area contributed by atoms with Gasteiger partial charge < -0.3 is 4.98 Å². The number of rotatable bonds is 5. The summed E-state index contributed by atoms with van der Waals surface area (Å²) in [5.41, 5.74) is 12.3. The van der Waals surface area contributed by atoms with Gasteiger partial charge in [0.1, 0.15) is 0 Å². The minimum atomic E-state index is -5.20. The van der Waals surface area contributed by atoms with Crippen LogP contribution in [0.3, 0.4) is 0 Å². The lowest BCUT2D eigenvalue weighted by Crippen LogP contribution is -2.35. The molecule has 0 aliphatic carbocycles. The Morgan fingerprint density at radius 1 is 0.564 bits per heavy atom. The highest BCUT2D eigenvalue weighted by atomic mass is 19.4. The van der Waals surface area contributed by atoms with Gasteiger partial charge in [-0.2, -0.15) is 13.2 Å². The zero-order valence-electron chi connectivity index (χ0n) is 29.0. The molecule has 0 saturated heterocycles. The quantitative estimate of drug-likeness (QED) is 0.185. The molecule has 0 atom stereocenters. The van der Waals surface area contributed by atoms with Crippen molar-refractivity contribution in [2.45, 2.75) is 6.18 Å². The molecule has 8 bridgehead atoms. The lowest BCUT2D eigenvalue weighted by molar-refractivity contribution is -0.168. The number of amides is 1. The molecule has 266 valence electrons. The fraction of sp³-hybridized carbons (Fsp3) is 0.0217. The molecular formula is C46H30F3N5O. The maximum absolute atomic E-state index is 14.4. The number of nitrogens with one attached hydrogen (secondary N) is 2. The summed E-state index contributed by atoms with van der Waals surface area (Å²) in [5.74, 6) is -2.13. The zero-order valence-corrected chi connectivity index (χ0v) is 29.0. The molecular weight excluding hydrogens is 696 g/mol. The average Bonchev–Trinajstić information content (AvgIpc) is 4.00. The van der Waals surface area contributed by atoms with Crippen molar-refractivity contribution < 1.29 is 18.0 Å². The summed E-state index contributed by atoms with van der Waals surface area (Å²) >= 11 is 0. The number of aromatic amines is 1. The van der Waals surface area contributed by atoms with Crippen LogP contribution in [0.2, 0.25) is 0 Å².